The van der Waals surface area contributed by atoms with E-state index < -0.39 is 0 Å². The molecule has 1 saturated carbocycles. The van der Waals surface area contributed by atoms with Crippen LogP contribution in [0.4, 0.5) is 0 Å². The minimum Gasteiger partial charge on any atom is -0.271 e. The third kappa shape index (κ3) is 3.10. The lowest BCUT2D eigenvalue weighted by molar-refractivity contribution is 0.232. The molecule has 1 fully saturated rings. The number of aromatic nitrogens is 2. The lowest BCUT2D eigenvalue weighted by Crippen LogP contribution is -2.28. The highest BCUT2D eigenvalue weighted by atomic mass is 79.9. The molecular weight excluding hydrogens is 332 g/mol. The van der Waals surface area contributed by atoms with E-state index in [1.54, 1.807) is 0 Å². The first-order valence-corrected chi connectivity index (χ1v) is 7.89. The molecule has 0 spiro atoms. The molecule has 0 unspecified atom stereocenters. The van der Waals surface area contributed by atoms with Gasteiger partial charge in [-0.15, -0.1) is 0 Å². The molecule has 0 amide bonds. The maximum atomic E-state index is 4.38. The summed E-state index contributed by atoms with van der Waals surface area (Å²) >= 11 is 7.17. The second-order valence-electron chi connectivity index (χ2n) is 4.90. The summed E-state index contributed by atoms with van der Waals surface area (Å²) in [4.78, 5) is 0. The summed E-state index contributed by atoms with van der Waals surface area (Å²) in [7, 11) is 0. The lowest BCUT2D eigenvalue weighted by Gasteiger charge is -2.30. The van der Waals surface area contributed by atoms with Gasteiger partial charge in [-0.2, -0.15) is 5.10 Å². The zero-order valence-corrected chi connectivity index (χ0v) is 12.6. The fraction of sp³-hybridized carbons (Fsp3) is 0.750. The Bertz CT molecular complexity index is 328. The summed E-state index contributed by atoms with van der Waals surface area (Å²) in [6.45, 7) is 1.05. The van der Waals surface area contributed by atoms with Gasteiger partial charge >= 0.3 is 0 Å². The van der Waals surface area contributed by atoms with Gasteiger partial charge in [0.15, 0.2) is 0 Å². The van der Waals surface area contributed by atoms with Crippen molar-refractivity contribution in [2.24, 2.45) is 5.41 Å². The zero-order valence-electron chi connectivity index (χ0n) is 9.46. The summed E-state index contributed by atoms with van der Waals surface area (Å²) in [5.41, 5.74) is 0.419. The van der Waals surface area contributed by atoms with E-state index >= 15 is 0 Å². The summed E-state index contributed by atoms with van der Waals surface area (Å²) < 4.78 is 3.15. The van der Waals surface area contributed by atoms with E-state index in [4.69, 9.17) is 0 Å². The molecule has 0 radical (unpaired) electrons. The molecule has 0 N–H and O–H groups in total. The van der Waals surface area contributed by atoms with Crippen molar-refractivity contribution in [3.8, 4) is 0 Å². The Morgan fingerprint density at radius 1 is 1.25 bits per heavy atom. The zero-order chi connectivity index (χ0) is 11.4. The third-order valence-corrected chi connectivity index (χ3v) is 5.15. The normalized spacial score (nSPS) is 20.6. The minimum atomic E-state index is 0.419. The predicted molar refractivity (Wildman–Crippen MR) is 73.9 cm³/mol. The van der Waals surface area contributed by atoms with E-state index in [0.717, 1.165) is 16.3 Å². The topological polar surface area (TPSA) is 17.8 Å². The van der Waals surface area contributed by atoms with Gasteiger partial charge in [0.05, 0.1) is 10.7 Å². The van der Waals surface area contributed by atoms with Crippen LogP contribution in [0.1, 0.15) is 38.5 Å². The van der Waals surface area contributed by atoms with E-state index in [9.17, 15) is 0 Å². The lowest BCUT2D eigenvalue weighted by atomic mass is 9.82. The average molecular weight is 350 g/mol. The maximum Gasteiger partial charge on any atom is 0.0632 e. The Morgan fingerprint density at radius 2 is 1.94 bits per heavy atom. The average Bonchev–Trinajstić information content (AvgIpc) is 2.54. The van der Waals surface area contributed by atoms with Crippen molar-refractivity contribution in [1.29, 1.82) is 0 Å². The molecule has 0 aliphatic heterocycles. The Morgan fingerprint density at radius 3 is 2.44 bits per heavy atom. The van der Waals surface area contributed by atoms with Crippen LogP contribution >= 0.6 is 31.9 Å². The Balaban J connectivity index is 2.08. The van der Waals surface area contributed by atoms with Crippen molar-refractivity contribution in [2.45, 2.75) is 45.1 Å². The van der Waals surface area contributed by atoms with Crippen LogP contribution in [0.15, 0.2) is 16.9 Å². The van der Waals surface area contributed by atoms with Gasteiger partial charge in [0.1, 0.15) is 0 Å². The smallest absolute Gasteiger partial charge is 0.0632 e. The number of nitrogens with zero attached hydrogens (tertiary/aromatic N) is 2. The molecule has 2 nitrogen and oxygen atoms in total. The van der Waals surface area contributed by atoms with E-state index in [2.05, 4.69) is 47.8 Å². The third-order valence-electron chi connectivity index (χ3n) is 3.55. The number of rotatable bonds is 3. The second-order valence-corrected chi connectivity index (χ2v) is 6.38. The summed E-state index contributed by atoms with van der Waals surface area (Å²) in [5.74, 6) is 0. The number of hydrogen-bond acceptors (Lipinski definition) is 1. The minimum absolute atomic E-state index is 0.419. The molecule has 1 aliphatic carbocycles. The first-order chi connectivity index (χ1) is 7.74. The highest BCUT2D eigenvalue weighted by Crippen LogP contribution is 2.38. The molecule has 1 aromatic heterocycles. The van der Waals surface area contributed by atoms with Crippen LogP contribution in [0, 0.1) is 5.41 Å². The second kappa shape index (κ2) is 5.67. The van der Waals surface area contributed by atoms with Crippen molar-refractivity contribution >= 4 is 31.9 Å². The van der Waals surface area contributed by atoms with Gasteiger partial charge in [-0.25, -0.2) is 0 Å². The van der Waals surface area contributed by atoms with Crippen LogP contribution in [-0.4, -0.2) is 15.1 Å². The quantitative estimate of drug-likeness (QED) is 0.584. The highest BCUT2D eigenvalue weighted by molar-refractivity contribution is 9.10. The molecule has 1 aromatic rings. The molecule has 0 aromatic carbocycles. The molecule has 2 rings (SSSR count). The largest absolute Gasteiger partial charge is 0.271 e. The van der Waals surface area contributed by atoms with Gasteiger partial charge in [-0.05, 0) is 34.2 Å². The van der Waals surface area contributed by atoms with Crippen LogP contribution in [0.3, 0.4) is 0 Å². The summed E-state index contributed by atoms with van der Waals surface area (Å²) in [6, 6.07) is 0. The number of hydrogen-bond donors (Lipinski definition) is 0. The van der Waals surface area contributed by atoms with Crippen LogP contribution in [0.5, 0.6) is 0 Å². The van der Waals surface area contributed by atoms with Crippen LogP contribution in [0.2, 0.25) is 0 Å². The SMILES string of the molecule is BrCC1(Cn2cc(Br)cn2)CCCCCC1. The van der Waals surface area contributed by atoms with Gasteiger partial charge in [-0.1, -0.05) is 41.6 Å². The number of alkyl halides is 1. The van der Waals surface area contributed by atoms with Gasteiger partial charge < -0.3 is 0 Å². The van der Waals surface area contributed by atoms with E-state index in [1.807, 2.05) is 6.20 Å². The monoisotopic (exact) mass is 348 g/mol. The van der Waals surface area contributed by atoms with Crippen molar-refractivity contribution < 1.29 is 0 Å². The van der Waals surface area contributed by atoms with E-state index in [1.165, 1.54) is 38.5 Å². The van der Waals surface area contributed by atoms with Crippen molar-refractivity contribution in [2.75, 3.05) is 5.33 Å². The standard InChI is InChI=1S/C12H18Br2N2/c13-9-12(5-3-1-2-4-6-12)10-16-8-11(14)7-15-16/h7-8H,1-6,9-10H2. The molecule has 0 saturated heterocycles. The Hall–Kier alpha value is 0.170. The van der Waals surface area contributed by atoms with Crippen molar-refractivity contribution in [3.63, 3.8) is 0 Å². The molecule has 0 bridgehead atoms. The van der Waals surface area contributed by atoms with Crippen LogP contribution in [-0.2, 0) is 6.54 Å². The Kier molecular flexibility index (Phi) is 4.48. The fourth-order valence-corrected chi connectivity index (χ4v) is 3.65. The van der Waals surface area contributed by atoms with Crippen LogP contribution < -0.4 is 0 Å². The van der Waals surface area contributed by atoms with Gasteiger partial charge in [0.25, 0.3) is 0 Å². The van der Waals surface area contributed by atoms with Crippen molar-refractivity contribution in [3.05, 3.63) is 16.9 Å². The molecule has 16 heavy (non-hydrogen) atoms. The molecule has 1 aliphatic rings. The summed E-state index contributed by atoms with van der Waals surface area (Å²) in [6.07, 6.45) is 12.1. The first-order valence-electron chi connectivity index (χ1n) is 5.98. The molecular formula is C12H18Br2N2. The molecule has 90 valence electrons. The Labute approximate surface area is 114 Å². The van der Waals surface area contributed by atoms with Gasteiger partial charge in [0, 0.05) is 18.1 Å². The molecule has 0 atom stereocenters. The van der Waals surface area contributed by atoms with Crippen LogP contribution in [0.25, 0.3) is 0 Å². The maximum absolute atomic E-state index is 4.38. The molecule has 1 heterocycles. The number of halogens is 2. The highest BCUT2D eigenvalue weighted by Gasteiger charge is 2.30. The summed E-state index contributed by atoms with van der Waals surface area (Å²) in [5, 5.41) is 5.48. The van der Waals surface area contributed by atoms with Gasteiger partial charge in [-0.3, -0.25) is 4.68 Å². The van der Waals surface area contributed by atoms with E-state index in [0.29, 0.717) is 5.41 Å². The van der Waals surface area contributed by atoms with Crippen molar-refractivity contribution in [1.82, 2.24) is 9.78 Å². The predicted octanol–water partition coefficient (Wildman–Crippen LogP) is 4.38. The molecule has 4 heteroatoms. The first kappa shape index (κ1) is 12.6. The van der Waals surface area contributed by atoms with E-state index in [-0.39, 0.29) is 0 Å². The fourth-order valence-electron chi connectivity index (χ4n) is 2.58. The van der Waals surface area contributed by atoms with Gasteiger partial charge in [0.2, 0.25) is 0 Å².